The molecule has 2 aromatic carbocycles. The van der Waals surface area contributed by atoms with E-state index in [1.54, 1.807) is 4.68 Å². The first-order valence-corrected chi connectivity index (χ1v) is 10.8. The number of rotatable bonds is 4. The highest BCUT2D eigenvalue weighted by Crippen LogP contribution is 2.36. The molecular formula is C24H26N6O. The third-order valence-electron chi connectivity index (χ3n) is 6.11. The van der Waals surface area contributed by atoms with E-state index in [1.165, 1.54) is 11.1 Å². The van der Waals surface area contributed by atoms with Gasteiger partial charge < -0.3 is 4.90 Å². The van der Waals surface area contributed by atoms with Gasteiger partial charge in [-0.25, -0.2) is 0 Å². The summed E-state index contributed by atoms with van der Waals surface area (Å²) in [5, 5.41) is 12.6. The average molecular weight is 415 g/mol. The number of likely N-dealkylation sites (tertiary alicyclic amines) is 1. The lowest BCUT2D eigenvalue weighted by molar-refractivity contribution is -0.128. The summed E-state index contributed by atoms with van der Waals surface area (Å²) in [6, 6.07) is 16.7. The minimum atomic E-state index is -0.139. The maximum atomic E-state index is 13.0. The molecule has 0 aliphatic carbocycles. The number of allylic oxidation sites excluding steroid dienone is 1. The summed E-state index contributed by atoms with van der Waals surface area (Å²) < 4.78 is 1.81. The number of benzene rings is 2. The molecule has 3 heterocycles. The van der Waals surface area contributed by atoms with Crippen LogP contribution in [-0.2, 0) is 4.79 Å². The van der Waals surface area contributed by atoms with Gasteiger partial charge in [-0.15, -0.1) is 0 Å². The second-order valence-electron chi connectivity index (χ2n) is 8.37. The third kappa shape index (κ3) is 3.71. The van der Waals surface area contributed by atoms with Crippen molar-refractivity contribution in [3.05, 3.63) is 76.9 Å². The number of anilines is 1. The Hall–Kier alpha value is -3.48. The van der Waals surface area contributed by atoms with Gasteiger partial charge in [0.1, 0.15) is 12.6 Å². The van der Waals surface area contributed by atoms with Crippen LogP contribution in [0, 0.1) is 13.8 Å². The Morgan fingerprint density at radius 2 is 1.61 bits per heavy atom. The fourth-order valence-electron chi connectivity index (χ4n) is 4.30. The topological polar surface area (TPSA) is 67.2 Å². The van der Waals surface area contributed by atoms with Crippen LogP contribution in [-0.4, -0.2) is 50.6 Å². The number of tetrazole rings is 1. The summed E-state index contributed by atoms with van der Waals surface area (Å²) in [6.07, 6.45) is 4.30. The largest absolute Gasteiger partial charge is 0.341 e. The van der Waals surface area contributed by atoms with Crippen molar-refractivity contribution < 1.29 is 4.79 Å². The van der Waals surface area contributed by atoms with Gasteiger partial charge in [-0.3, -0.25) is 9.69 Å². The molecule has 1 atom stereocenters. The van der Waals surface area contributed by atoms with Crippen LogP contribution in [0.1, 0.15) is 41.1 Å². The zero-order chi connectivity index (χ0) is 21.4. The number of hydrogen-bond donors (Lipinski definition) is 0. The van der Waals surface area contributed by atoms with Gasteiger partial charge in [0, 0.05) is 13.1 Å². The summed E-state index contributed by atoms with van der Waals surface area (Å²) in [6.45, 7) is 6.02. The van der Waals surface area contributed by atoms with Crippen LogP contribution < -0.4 is 4.90 Å². The van der Waals surface area contributed by atoms with Gasteiger partial charge in [0.25, 0.3) is 5.95 Å². The van der Waals surface area contributed by atoms with Crippen LogP contribution in [0.15, 0.2) is 54.6 Å². The molecule has 0 spiro atoms. The van der Waals surface area contributed by atoms with Gasteiger partial charge in [0.05, 0.1) is 5.70 Å². The lowest BCUT2D eigenvalue weighted by Crippen LogP contribution is -2.41. The molecule has 3 aromatic rings. The monoisotopic (exact) mass is 414 g/mol. The van der Waals surface area contributed by atoms with E-state index in [9.17, 15) is 4.79 Å². The van der Waals surface area contributed by atoms with E-state index in [2.05, 4.69) is 84.0 Å². The molecule has 2 aliphatic heterocycles. The van der Waals surface area contributed by atoms with Gasteiger partial charge in [-0.05, 0) is 54.3 Å². The fourth-order valence-corrected chi connectivity index (χ4v) is 4.30. The lowest BCUT2D eigenvalue weighted by Gasteiger charge is -2.33. The maximum absolute atomic E-state index is 13.0. The van der Waals surface area contributed by atoms with Gasteiger partial charge in [0.2, 0.25) is 5.91 Å². The fraction of sp³-hybridized carbons (Fsp3) is 0.333. The number of carbonyl (C=O) groups excluding carboxylic acids is 1. The second-order valence-corrected chi connectivity index (χ2v) is 8.37. The molecule has 31 heavy (non-hydrogen) atoms. The highest BCUT2D eigenvalue weighted by molar-refractivity contribution is 5.89. The quantitative estimate of drug-likeness (QED) is 0.655. The third-order valence-corrected chi connectivity index (χ3v) is 6.11. The molecule has 0 saturated carbocycles. The van der Waals surface area contributed by atoms with Gasteiger partial charge in [-0.2, -0.15) is 4.68 Å². The predicted octanol–water partition coefficient (Wildman–Crippen LogP) is 3.36. The molecule has 2 aliphatic rings. The van der Waals surface area contributed by atoms with E-state index in [4.69, 9.17) is 0 Å². The van der Waals surface area contributed by atoms with E-state index < -0.39 is 0 Å². The van der Waals surface area contributed by atoms with Crippen molar-refractivity contribution in [3.63, 3.8) is 0 Å². The number of fused-ring (bicyclic) bond motifs is 1. The summed E-state index contributed by atoms with van der Waals surface area (Å²) in [5.74, 6) is 0.704. The van der Waals surface area contributed by atoms with Crippen LogP contribution in [0.3, 0.4) is 0 Å². The first kappa shape index (κ1) is 19.5. The van der Waals surface area contributed by atoms with Crippen LogP contribution in [0.25, 0.3) is 5.70 Å². The van der Waals surface area contributed by atoms with Crippen molar-refractivity contribution in [1.82, 2.24) is 25.1 Å². The Morgan fingerprint density at radius 1 is 0.968 bits per heavy atom. The summed E-state index contributed by atoms with van der Waals surface area (Å²) >= 11 is 0. The van der Waals surface area contributed by atoms with Crippen LogP contribution >= 0.6 is 0 Å². The number of amides is 1. The number of nitrogens with zero attached hydrogens (tertiary/aromatic N) is 6. The van der Waals surface area contributed by atoms with Crippen molar-refractivity contribution in [3.8, 4) is 0 Å². The Morgan fingerprint density at radius 3 is 2.29 bits per heavy atom. The Bertz CT molecular complexity index is 1110. The number of aryl methyl sites for hydroxylation is 2. The molecular weight excluding hydrogens is 388 g/mol. The van der Waals surface area contributed by atoms with Crippen molar-refractivity contribution >= 4 is 17.6 Å². The molecule has 0 radical (unpaired) electrons. The molecule has 1 amide bonds. The van der Waals surface area contributed by atoms with E-state index >= 15 is 0 Å². The summed E-state index contributed by atoms with van der Waals surface area (Å²) in [4.78, 5) is 16.9. The predicted molar refractivity (Wildman–Crippen MR) is 119 cm³/mol. The summed E-state index contributed by atoms with van der Waals surface area (Å²) in [7, 11) is 0. The van der Waals surface area contributed by atoms with Gasteiger partial charge in [-0.1, -0.05) is 64.8 Å². The minimum absolute atomic E-state index is 0.110. The molecule has 1 aromatic heterocycles. The normalized spacial score (nSPS) is 18.1. The standard InChI is InChI=1S/C24H26N6O/c1-17-5-9-19(10-6-17)21-15-22(20-11-7-18(2)8-12-20)30-24(25-26-27-30)29(21)16-23(31)28-13-3-4-14-28/h5-12,15,22H,3-4,13-14,16H2,1-2H3/t22-/m1/s1. The first-order chi connectivity index (χ1) is 15.1. The van der Waals surface area contributed by atoms with Crippen molar-refractivity contribution in [2.75, 3.05) is 24.5 Å². The molecule has 7 heteroatoms. The van der Waals surface area contributed by atoms with Crippen molar-refractivity contribution in [2.45, 2.75) is 32.7 Å². The molecule has 0 unspecified atom stereocenters. The molecule has 1 fully saturated rings. The Kier molecular flexibility index (Phi) is 5.02. The van der Waals surface area contributed by atoms with E-state index in [1.807, 2.05) is 9.80 Å². The average Bonchev–Trinajstić information content (AvgIpc) is 3.48. The molecule has 158 valence electrons. The van der Waals surface area contributed by atoms with E-state index in [0.29, 0.717) is 5.95 Å². The Labute approximate surface area is 182 Å². The highest BCUT2D eigenvalue weighted by Gasteiger charge is 2.33. The first-order valence-electron chi connectivity index (χ1n) is 10.8. The van der Waals surface area contributed by atoms with Gasteiger partial charge in [0.15, 0.2) is 0 Å². The van der Waals surface area contributed by atoms with Crippen LogP contribution in [0.5, 0.6) is 0 Å². The molecule has 0 bridgehead atoms. The molecule has 5 rings (SSSR count). The van der Waals surface area contributed by atoms with Crippen molar-refractivity contribution in [1.29, 1.82) is 0 Å². The Balaban J connectivity index is 1.58. The van der Waals surface area contributed by atoms with Crippen molar-refractivity contribution in [2.24, 2.45) is 0 Å². The number of aromatic nitrogens is 4. The second kappa shape index (κ2) is 7.98. The zero-order valence-electron chi connectivity index (χ0n) is 17.9. The van der Waals surface area contributed by atoms with Crippen LogP contribution in [0.2, 0.25) is 0 Å². The van der Waals surface area contributed by atoms with E-state index in [0.717, 1.165) is 42.8 Å². The number of carbonyl (C=O) groups is 1. The van der Waals surface area contributed by atoms with E-state index in [-0.39, 0.29) is 18.5 Å². The summed E-state index contributed by atoms with van der Waals surface area (Å²) in [5.41, 5.74) is 5.51. The highest BCUT2D eigenvalue weighted by atomic mass is 16.2. The number of hydrogen-bond acceptors (Lipinski definition) is 5. The lowest BCUT2D eigenvalue weighted by atomic mass is 9.99. The molecule has 1 saturated heterocycles. The SMILES string of the molecule is Cc1ccc(C2=C[C@H](c3ccc(C)cc3)n3nnnc3N2CC(=O)N2CCCC2)cc1. The maximum Gasteiger partial charge on any atom is 0.251 e. The molecule has 0 N–H and O–H groups in total. The molecule has 7 nitrogen and oxygen atoms in total. The smallest absolute Gasteiger partial charge is 0.251 e. The minimum Gasteiger partial charge on any atom is -0.341 e. The zero-order valence-corrected chi connectivity index (χ0v) is 17.9. The van der Waals surface area contributed by atoms with Crippen LogP contribution in [0.4, 0.5) is 5.95 Å². The van der Waals surface area contributed by atoms with Gasteiger partial charge >= 0.3 is 0 Å².